The highest BCUT2D eigenvalue weighted by atomic mass is 32.2. The fourth-order valence-corrected chi connectivity index (χ4v) is 4.15. The van der Waals surface area contributed by atoms with Gasteiger partial charge in [-0.1, -0.05) is 0 Å². The molecular formula is C17H27NO4S. The van der Waals surface area contributed by atoms with Gasteiger partial charge in [0, 0.05) is 19.8 Å². The van der Waals surface area contributed by atoms with E-state index in [9.17, 15) is 8.42 Å². The van der Waals surface area contributed by atoms with Crippen molar-refractivity contribution in [3.8, 4) is 5.75 Å². The second-order valence-electron chi connectivity index (χ2n) is 6.18. The first kappa shape index (κ1) is 18.2. The Bertz CT molecular complexity index is 622. The average molecular weight is 341 g/mol. The Labute approximate surface area is 139 Å². The molecule has 0 unspecified atom stereocenters. The Morgan fingerprint density at radius 1 is 1.22 bits per heavy atom. The van der Waals surface area contributed by atoms with E-state index in [-0.39, 0.29) is 4.90 Å². The molecule has 5 nitrogen and oxygen atoms in total. The highest BCUT2D eigenvalue weighted by molar-refractivity contribution is 7.89. The predicted octanol–water partition coefficient (Wildman–Crippen LogP) is 2.80. The molecule has 23 heavy (non-hydrogen) atoms. The van der Waals surface area contributed by atoms with Crippen molar-refractivity contribution in [3.63, 3.8) is 0 Å². The van der Waals surface area contributed by atoms with Gasteiger partial charge >= 0.3 is 0 Å². The summed E-state index contributed by atoms with van der Waals surface area (Å²) in [6.07, 6.45) is 4.04. The van der Waals surface area contributed by atoms with Gasteiger partial charge in [-0.15, -0.1) is 0 Å². The summed E-state index contributed by atoms with van der Waals surface area (Å²) in [5.74, 6) is 1.05. The maximum Gasteiger partial charge on any atom is 0.244 e. The monoisotopic (exact) mass is 341 g/mol. The fourth-order valence-electron chi connectivity index (χ4n) is 2.84. The zero-order chi connectivity index (χ0) is 16.9. The molecule has 0 spiro atoms. The van der Waals surface area contributed by atoms with Crippen LogP contribution in [0.25, 0.3) is 0 Å². The minimum absolute atomic E-state index is 0.217. The number of sulfonamides is 1. The Balaban J connectivity index is 1.94. The van der Waals surface area contributed by atoms with Crippen LogP contribution < -0.4 is 9.46 Å². The molecule has 6 heteroatoms. The topological polar surface area (TPSA) is 64.6 Å². The van der Waals surface area contributed by atoms with E-state index >= 15 is 0 Å². The van der Waals surface area contributed by atoms with Crippen molar-refractivity contribution in [2.75, 3.05) is 26.9 Å². The normalized spacial score (nSPS) is 16.5. The van der Waals surface area contributed by atoms with Crippen LogP contribution in [0.4, 0.5) is 0 Å². The van der Waals surface area contributed by atoms with Gasteiger partial charge in [0.05, 0.1) is 7.11 Å². The number of hydrogen-bond donors (Lipinski definition) is 1. The van der Waals surface area contributed by atoms with E-state index in [2.05, 4.69) is 4.72 Å². The van der Waals surface area contributed by atoms with Gasteiger partial charge in [0.25, 0.3) is 0 Å². The number of aryl methyl sites for hydroxylation is 2. The van der Waals surface area contributed by atoms with E-state index < -0.39 is 10.0 Å². The minimum atomic E-state index is -3.54. The first-order chi connectivity index (χ1) is 10.9. The lowest BCUT2D eigenvalue weighted by atomic mass is 9.95. The van der Waals surface area contributed by atoms with Crippen LogP contribution in [0.2, 0.25) is 0 Å². The molecule has 0 amide bonds. The van der Waals surface area contributed by atoms with Gasteiger partial charge in [-0.3, -0.25) is 0 Å². The maximum absolute atomic E-state index is 12.5. The molecule has 1 heterocycles. The standard InChI is InChI=1S/C17H27NO4S/c1-13-11-16(21-3)17(12-14(13)2)23(19,20)18-8-4-5-15-6-9-22-10-7-15/h11-12,15,18H,4-10H2,1-3H3. The SMILES string of the molecule is COc1cc(C)c(C)cc1S(=O)(=O)NCCCC1CCOCC1. The van der Waals surface area contributed by atoms with Crippen molar-refractivity contribution in [1.29, 1.82) is 0 Å². The van der Waals surface area contributed by atoms with Crippen LogP contribution in [0.3, 0.4) is 0 Å². The summed E-state index contributed by atoms with van der Waals surface area (Å²) >= 11 is 0. The van der Waals surface area contributed by atoms with Gasteiger partial charge in [0.1, 0.15) is 10.6 Å². The lowest BCUT2D eigenvalue weighted by Crippen LogP contribution is -2.26. The summed E-state index contributed by atoms with van der Waals surface area (Å²) in [5, 5.41) is 0. The van der Waals surface area contributed by atoms with Crippen LogP contribution in [0, 0.1) is 19.8 Å². The number of methoxy groups -OCH3 is 1. The number of nitrogens with one attached hydrogen (secondary N) is 1. The van der Waals surface area contributed by atoms with Gasteiger partial charge in [0.15, 0.2) is 0 Å². The van der Waals surface area contributed by atoms with Crippen LogP contribution in [-0.2, 0) is 14.8 Å². The van der Waals surface area contributed by atoms with E-state index in [1.165, 1.54) is 7.11 Å². The zero-order valence-electron chi connectivity index (χ0n) is 14.2. The van der Waals surface area contributed by atoms with Crippen molar-refractivity contribution >= 4 is 10.0 Å². The molecule has 1 aliphatic rings. The Morgan fingerprint density at radius 3 is 2.52 bits per heavy atom. The number of benzene rings is 1. The van der Waals surface area contributed by atoms with E-state index in [1.54, 1.807) is 12.1 Å². The largest absolute Gasteiger partial charge is 0.495 e. The molecule has 0 radical (unpaired) electrons. The third-order valence-corrected chi connectivity index (χ3v) is 5.97. The highest BCUT2D eigenvalue weighted by Crippen LogP contribution is 2.27. The first-order valence-electron chi connectivity index (χ1n) is 8.16. The van der Waals surface area contributed by atoms with Crippen LogP contribution in [0.1, 0.15) is 36.8 Å². The second-order valence-corrected chi connectivity index (χ2v) is 7.92. The minimum Gasteiger partial charge on any atom is -0.495 e. The summed E-state index contributed by atoms with van der Waals surface area (Å²) < 4.78 is 38.3. The smallest absolute Gasteiger partial charge is 0.244 e. The highest BCUT2D eigenvalue weighted by Gasteiger charge is 2.20. The molecule has 2 rings (SSSR count). The van der Waals surface area contributed by atoms with Gasteiger partial charge in [-0.25, -0.2) is 13.1 Å². The second kappa shape index (κ2) is 8.13. The van der Waals surface area contributed by atoms with Crippen molar-refractivity contribution in [1.82, 2.24) is 4.72 Å². The lowest BCUT2D eigenvalue weighted by Gasteiger charge is -2.21. The maximum atomic E-state index is 12.5. The first-order valence-corrected chi connectivity index (χ1v) is 9.65. The molecule has 1 saturated heterocycles. The lowest BCUT2D eigenvalue weighted by molar-refractivity contribution is 0.0634. The molecule has 0 saturated carbocycles. The van der Waals surface area contributed by atoms with Crippen LogP contribution in [0.15, 0.2) is 17.0 Å². The molecule has 0 atom stereocenters. The third kappa shape index (κ3) is 4.93. The third-order valence-electron chi connectivity index (χ3n) is 4.49. The molecular weight excluding hydrogens is 314 g/mol. The predicted molar refractivity (Wildman–Crippen MR) is 90.4 cm³/mol. The molecule has 0 bridgehead atoms. The number of ether oxygens (including phenoxy) is 2. The van der Waals surface area contributed by atoms with E-state index in [1.807, 2.05) is 13.8 Å². The van der Waals surface area contributed by atoms with Gasteiger partial charge in [-0.2, -0.15) is 0 Å². The Morgan fingerprint density at radius 2 is 1.87 bits per heavy atom. The Kier molecular flexibility index (Phi) is 6.44. The van der Waals surface area contributed by atoms with E-state index in [0.29, 0.717) is 18.2 Å². The van der Waals surface area contributed by atoms with E-state index in [0.717, 1.165) is 50.0 Å². The molecule has 1 aliphatic heterocycles. The zero-order valence-corrected chi connectivity index (χ0v) is 15.0. The quantitative estimate of drug-likeness (QED) is 0.775. The number of rotatable bonds is 7. The van der Waals surface area contributed by atoms with Crippen LogP contribution in [0.5, 0.6) is 5.75 Å². The summed E-state index contributed by atoms with van der Waals surface area (Å²) in [6, 6.07) is 3.45. The van der Waals surface area contributed by atoms with Crippen molar-refractivity contribution in [3.05, 3.63) is 23.3 Å². The van der Waals surface area contributed by atoms with Crippen LogP contribution >= 0.6 is 0 Å². The molecule has 1 aromatic rings. The van der Waals surface area contributed by atoms with E-state index in [4.69, 9.17) is 9.47 Å². The summed E-state index contributed by atoms with van der Waals surface area (Å²) in [7, 11) is -2.05. The molecule has 130 valence electrons. The molecule has 1 fully saturated rings. The van der Waals surface area contributed by atoms with Crippen molar-refractivity contribution in [2.45, 2.75) is 44.4 Å². The molecule has 1 N–H and O–H groups in total. The van der Waals surface area contributed by atoms with Gasteiger partial charge in [0.2, 0.25) is 10.0 Å². The van der Waals surface area contributed by atoms with Crippen molar-refractivity contribution in [2.24, 2.45) is 5.92 Å². The van der Waals surface area contributed by atoms with Gasteiger partial charge in [-0.05, 0) is 68.7 Å². The summed E-state index contributed by atoms with van der Waals surface area (Å²) in [6.45, 7) is 5.96. The average Bonchev–Trinajstić information content (AvgIpc) is 2.54. The summed E-state index contributed by atoms with van der Waals surface area (Å²) in [5.41, 5.74) is 1.95. The summed E-state index contributed by atoms with van der Waals surface area (Å²) in [4.78, 5) is 0.217. The molecule has 0 aliphatic carbocycles. The number of hydrogen-bond acceptors (Lipinski definition) is 4. The fraction of sp³-hybridized carbons (Fsp3) is 0.647. The van der Waals surface area contributed by atoms with Gasteiger partial charge < -0.3 is 9.47 Å². The van der Waals surface area contributed by atoms with Crippen LogP contribution in [-0.4, -0.2) is 35.3 Å². The van der Waals surface area contributed by atoms with Crippen molar-refractivity contribution < 1.29 is 17.9 Å². The molecule has 1 aromatic carbocycles. The molecule has 0 aromatic heterocycles. The Hall–Kier alpha value is -1.11.